The van der Waals surface area contributed by atoms with Crippen molar-refractivity contribution >= 4 is 40.0 Å². The topological polar surface area (TPSA) is 122 Å². The van der Waals surface area contributed by atoms with E-state index in [2.05, 4.69) is 15.3 Å². The molecule has 0 spiro atoms. The third-order valence-electron chi connectivity index (χ3n) is 5.47. The van der Waals surface area contributed by atoms with E-state index in [9.17, 15) is 23.0 Å². The van der Waals surface area contributed by atoms with Crippen LogP contribution in [0, 0.1) is 11.6 Å². The minimum absolute atomic E-state index is 0.157. The summed E-state index contributed by atoms with van der Waals surface area (Å²) in [6, 6.07) is 8.40. The highest BCUT2D eigenvalue weighted by Crippen LogP contribution is 2.40. The standard InChI is InChI=1S/C22H22F2N6O4S/c1-28-17-12-25-22(26-13-6-8-14(9-7-13)35(34)30(33)10-11-31)27-20(17)29(2)19(21(28)32)18-15(23)4-3-5-16(18)24/h3-9,12,19,31,33H,10-11H2,1-2H3,(H,25,26,27). The van der Waals surface area contributed by atoms with Gasteiger partial charge in [0.2, 0.25) is 5.95 Å². The van der Waals surface area contributed by atoms with Crippen LogP contribution in [0.25, 0.3) is 0 Å². The van der Waals surface area contributed by atoms with Gasteiger partial charge in [-0.2, -0.15) is 4.98 Å². The summed E-state index contributed by atoms with van der Waals surface area (Å²) >= 11 is 0. The Morgan fingerprint density at radius 2 is 1.80 bits per heavy atom. The summed E-state index contributed by atoms with van der Waals surface area (Å²) < 4.78 is 41.7. The van der Waals surface area contributed by atoms with Crippen molar-refractivity contribution in [1.29, 1.82) is 0 Å². The van der Waals surface area contributed by atoms with Crippen LogP contribution in [-0.2, 0) is 15.8 Å². The molecule has 1 amide bonds. The molecule has 0 saturated carbocycles. The number of nitrogens with zero attached hydrogens (tertiary/aromatic N) is 5. The number of benzene rings is 2. The predicted molar refractivity (Wildman–Crippen MR) is 125 cm³/mol. The fourth-order valence-electron chi connectivity index (χ4n) is 3.68. The zero-order valence-electron chi connectivity index (χ0n) is 18.7. The summed E-state index contributed by atoms with van der Waals surface area (Å²) in [6.07, 6.45) is 1.43. The maximum atomic E-state index is 14.5. The lowest BCUT2D eigenvalue weighted by atomic mass is 10.0. The fourth-order valence-corrected chi connectivity index (χ4v) is 4.54. The van der Waals surface area contributed by atoms with Crippen molar-refractivity contribution in [3.63, 3.8) is 0 Å². The molecule has 2 aromatic carbocycles. The summed E-state index contributed by atoms with van der Waals surface area (Å²) in [5.41, 5.74) is 0.541. The van der Waals surface area contributed by atoms with Crippen LogP contribution in [0.15, 0.2) is 53.6 Å². The number of likely N-dealkylation sites (N-methyl/N-ethyl adjacent to an activating group) is 2. The molecule has 184 valence electrons. The van der Waals surface area contributed by atoms with Gasteiger partial charge in [0.25, 0.3) is 5.91 Å². The maximum absolute atomic E-state index is 14.5. The number of carbonyl (C=O) groups is 1. The number of nitrogens with one attached hydrogen (secondary N) is 1. The Kier molecular flexibility index (Phi) is 7.03. The molecule has 0 radical (unpaired) electrons. The van der Waals surface area contributed by atoms with Gasteiger partial charge in [-0.3, -0.25) is 4.79 Å². The first-order chi connectivity index (χ1) is 16.7. The molecule has 2 atom stereocenters. The lowest BCUT2D eigenvalue weighted by Crippen LogP contribution is -2.46. The largest absolute Gasteiger partial charge is 0.395 e. The number of aliphatic hydroxyl groups excluding tert-OH is 1. The Bertz CT molecular complexity index is 1260. The molecule has 3 N–H and O–H groups in total. The molecule has 1 aliphatic heterocycles. The molecule has 2 unspecified atom stereocenters. The van der Waals surface area contributed by atoms with Crippen LogP contribution < -0.4 is 15.1 Å². The first-order valence-electron chi connectivity index (χ1n) is 10.4. The van der Waals surface area contributed by atoms with Gasteiger partial charge in [0, 0.05) is 19.8 Å². The molecule has 0 aliphatic carbocycles. The van der Waals surface area contributed by atoms with E-state index >= 15 is 0 Å². The summed E-state index contributed by atoms with van der Waals surface area (Å²) in [5, 5.41) is 21.5. The van der Waals surface area contributed by atoms with Gasteiger partial charge in [0.15, 0.2) is 16.8 Å². The Balaban J connectivity index is 1.61. The zero-order valence-corrected chi connectivity index (χ0v) is 19.5. The normalized spacial score (nSPS) is 16.4. The van der Waals surface area contributed by atoms with E-state index in [0.717, 1.165) is 12.1 Å². The molecule has 0 fully saturated rings. The first-order valence-corrected chi connectivity index (χ1v) is 11.5. The quantitative estimate of drug-likeness (QED) is 0.419. The molecule has 35 heavy (non-hydrogen) atoms. The van der Waals surface area contributed by atoms with E-state index in [1.807, 2.05) is 0 Å². The van der Waals surface area contributed by atoms with Crippen molar-refractivity contribution in [2.75, 3.05) is 42.4 Å². The SMILES string of the molecule is CN1C(=O)C(c2c(F)cccc2F)N(C)c2nc(Nc3ccc(S(=O)N(O)CCO)cc3)ncc21. The Hall–Kier alpha value is -3.52. The molecule has 1 aromatic heterocycles. The van der Waals surface area contributed by atoms with Gasteiger partial charge in [-0.25, -0.2) is 18.0 Å². The molecule has 3 aromatic rings. The Morgan fingerprint density at radius 3 is 2.43 bits per heavy atom. The second-order valence-corrected chi connectivity index (χ2v) is 9.04. The van der Waals surface area contributed by atoms with Crippen LogP contribution in [-0.4, -0.2) is 62.1 Å². The molecule has 0 bridgehead atoms. The highest BCUT2D eigenvalue weighted by molar-refractivity contribution is 7.82. The maximum Gasteiger partial charge on any atom is 0.254 e. The first kappa shape index (κ1) is 24.6. The number of hydrogen-bond donors (Lipinski definition) is 3. The third kappa shape index (κ3) is 4.71. The van der Waals surface area contributed by atoms with Gasteiger partial charge in [0.05, 0.1) is 29.8 Å². The summed E-state index contributed by atoms with van der Waals surface area (Å²) in [5.74, 6) is -1.76. The van der Waals surface area contributed by atoms with Crippen molar-refractivity contribution in [2.24, 2.45) is 0 Å². The van der Waals surface area contributed by atoms with E-state index in [0.29, 0.717) is 20.7 Å². The number of rotatable bonds is 7. The van der Waals surface area contributed by atoms with Gasteiger partial charge < -0.3 is 25.4 Å². The second kappa shape index (κ2) is 10.00. The van der Waals surface area contributed by atoms with E-state index in [-0.39, 0.29) is 30.5 Å². The Labute approximate surface area is 202 Å². The average molecular weight is 505 g/mol. The van der Waals surface area contributed by atoms with Crippen LogP contribution >= 0.6 is 0 Å². The van der Waals surface area contributed by atoms with Gasteiger partial charge in [-0.15, -0.1) is 4.47 Å². The number of anilines is 4. The van der Waals surface area contributed by atoms with Crippen molar-refractivity contribution in [3.05, 3.63) is 65.9 Å². The second-order valence-electron chi connectivity index (χ2n) is 7.65. The summed E-state index contributed by atoms with van der Waals surface area (Å²) in [6.45, 7) is -0.519. The third-order valence-corrected chi connectivity index (χ3v) is 6.71. The van der Waals surface area contributed by atoms with Gasteiger partial charge >= 0.3 is 0 Å². The Morgan fingerprint density at radius 1 is 1.14 bits per heavy atom. The van der Waals surface area contributed by atoms with Gasteiger partial charge in [0.1, 0.15) is 23.4 Å². The minimum atomic E-state index is -1.86. The molecule has 2 heterocycles. The molecule has 13 heteroatoms. The van der Waals surface area contributed by atoms with Gasteiger partial charge in [-0.05, 0) is 36.4 Å². The molecule has 0 saturated heterocycles. The van der Waals surface area contributed by atoms with Crippen molar-refractivity contribution in [2.45, 2.75) is 10.9 Å². The lowest BCUT2D eigenvalue weighted by molar-refractivity contribution is -0.120. The van der Waals surface area contributed by atoms with Crippen molar-refractivity contribution in [3.8, 4) is 0 Å². The number of amides is 1. The zero-order chi connectivity index (χ0) is 25.3. The van der Waals surface area contributed by atoms with Crippen LogP contribution in [0.1, 0.15) is 11.6 Å². The van der Waals surface area contributed by atoms with E-state index in [1.54, 1.807) is 12.1 Å². The molecule has 4 rings (SSSR count). The van der Waals surface area contributed by atoms with E-state index in [4.69, 9.17) is 5.11 Å². The average Bonchev–Trinajstić information content (AvgIpc) is 2.84. The van der Waals surface area contributed by atoms with E-state index in [1.165, 1.54) is 48.3 Å². The number of carbonyl (C=O) groups excluding carboxylic acids is 1. The predicted octanol–water partition coefficient (Wildman–Crippen LogP) is 2.36. The minimum Gasteiger partial charge on any atom is -0.395 e. The van der Waals surface area contributed by atoms with E-state index < -0.39 is 34.6 Å². The number of aliphatic hydroxyl groups is 1. The van der Waals surface area contributed by atoms with Crippen LogP contribution in [0.4, 0.5) is 31.9 Å². The highest BCUT2D eigenvalue weighted by atomic mass is 32.2. The number of hydroxylamine groups is 1. The van der Waals surface area contributed by atoms with Crippen LogP contribution in [0.2, 0.25) is 0 Å². The van der Waals surface area contributed by atoms with Crippen LogP contribution in [0.3, 0.4) is 0 Å². The van der Waals surface area contributed by atoms with Crippen molar-refractivity contribution in [1.82, 2.24) is 14.4 Å². The lowest BCUT2D eigenvalue weighted by Gasteiger charge is -2.38. The number of hydrogen-bond acceptors (Lipinski definition) is 8. The highest BCUT2D eigenvalue weighted by Gasteiger charge is 2.40. The van der Waals surface area contributed by atoms with Crippen molar-refractivity contribution < 1.29 is 28.1 Å². The molecular formula is C22H22F2N6O4S. The fraction of sp³-hybridized carbons (Fsp3) is 0.227. The van der Waals surface area contributed by atoms with Crippen LogP contribution in [0.5, 0.6) is 0 Å². The van der Waals surface area contributed by atoms with Gasteiger partial charge in [-0.1, -0.05) is 6.07 Å². The molecular weight excluding hydrogens is 482 g/mol. The number of halogens is 2. The summed E-state index contributed by atoms with van der Waals surface area (Å²) in [7, 11) is 1.15. The number of fused-ring (bicyclic) bond motifs is 1. The monoisotopic (exact) mass is 504 g/mol. The molecule has 1 aliphatic rings. The smallest absolute Gasteiger partial charge is 0.254 e. The number of aromatic nitrogens is 2. The molecule has 10 nitrogen and oxygen atoms in total. The summed E-state index contributed by atoms with van der Waals surface area (Å²) in [4.78, 5) is 24.6.